The zero-order valence-electron chi connectivity index (χ0n) is 19.1. The van der Waals surface area contributed by atoms with Gasteiger partial charge in [-0.1, -0.05) is 45.0 Å². The molecule has 0 saturated carbocycles. The molecule has 1 aromatic carbocycles. The van der Waals surface area contributed by atoms with Gasteiger partial charge in [0.2, 0.25) is 21.9 Å². The monoisotopic (exact) mass is 463 g/mol. The van der Waals surface area contributed by atoms with Gasteiger partial charge in [-0.25, -0.2) is 8.42 Å². The maximum atomic E-state index is 11.7. The number of ether oxygens (including phenoxy) is 1. The van der Waals surface area contributed by atoms with Crippen LogP contribution in [0, 0.1) is 5.92 Å². The Morgan fingerprint density at radius 1 is 1.16 bits per heavy atom. The van der Waals surface area contributed by atoms with E-state index in [9.17, 15) is 13.5 Å². The minimum Gasteiger partial charge on any atom is -0.394 e. The molecule has 10 heteroatoms. The summed E-state index contributed by atoms with van der Waals surface area (Å²) in [6.07, 6.45) is 2.28. The number of aliphatic hydroxyl groups excluding tert-OH is 1. The number of rotatable bonds is 11. The first kappa shape index (κ1) is 24.3. The summed E-state index contributed by atoms with van der Waals surface area (Å²) in [7, 11) is -3.55. The van der Waals surface area contributed by atoms with E-state index >= 15 is 0 Å². The van der Waals surface area contributed by atoms with Crippen molar-refractivity contribution in [2.75, 3.05) is 36.1 Å². The molecule has 2 atom stereocenters. The van der Waals surface area contributed by atoms with Gasteiger partial charge in [0.1, 0.15) is 5.82 Å². The Kier molecular flexibility index (Phi) is 8.02. The number of nitrogens with one attached hydrogen (secondary N) is 2. The average molecular weight is 464 g/mol. The molecule has 9 nitrogen and oxygen atoms in total. The van der Waals surface area contributed by atoms with E-state index in [1.807, 2.05) is 6.07 Å². The summed E-state index contributed by atoms with van der Waals surface area (Å²) in [5.41, 5.74) is 2.42. The summed E-state index contributed by atoms with van der Waals surface area (Å²) >= 11 is 0. The molecule has 176 valence electrons. The fourth-order valence-corrected chi connectivity index (χ4v) is 4.08. The van der Waals surface area contributed by atoms with Gasteiger partial charge in [0.25, 0.3) is 0 Å². The molecule has 0 radical (unpaired) electrons. The van der Waals surface area contributed by atoms with Gasteiger partial charge in [0.15, 0.2) is 0 Å². The van der Waals surface area contributed by atoms with Crippen molar-refractivity contribution in [3.63, 3.8) is 0 Å². The van der Waals surface area contributed by atoms with Crippen LogP contribution in [0.25, 0.3) is 0 Å². The van der Waals surface area contributed by atoms with Gasteiger partial charge < -0.3 is 15.2 Å². The number of aliphatic hydroxyl groups is 1. The molecule has 32 heavy (non-hydrogen) atoms. The normalized spacial score (nSPS) is 16.4. The second kappa shape index (κ2) is 10.5. The molecule has 0 amide bonds. The van der Waals surface area contributed by atoms with E-state index < -0.39 is 10.0 Å². The van der Waals surface area contributed by atoms with Crippen LogP contribution in [0.15, 0.2) is 24.3 Å². The lowest BCUT2D eigenvalue weighted by molar-refractivity contribution is 0.00839. The van der Waals surface area contributed by atoms with E-state index in [1.54, 1.807) is 0 Å². The number of aromatic nitrogens is 3. The number of hydrogen-bond acceptors (Lipinski definition) is 8. The zero-order chi connectivity index (χ0) is 23.3. The Morgan fingerprint density at radius 3 is 2.47 bits per heavy atom. The van der Waals surface area contributed by atoms with Crippen molar-refractivity contribution in [1.29, 1.82) is 0 Å². The molecular formula is C22H33N5O4S. The number of hydrogen-bond donors (Lipinski definition) is 3. The molecule has 0 spiro atoms. The molecular weight excluding hydrogens is 430 g/mol. The van der Waals surface area contributed by atoms with Crippen LogP contribution in [0.4, 0.5) is 11.9 Å². The lowest BCUT2D eigenvalue weighted by Crippen LogP contribution is -2.27. The predicted molar refractivity (Wildman–Crippen MR) is 124 cm³/mol. The van der Waals surface area contributed by atoms with Crippen LogP contribution in [0.5, 0.6) is 0 Å². The predicted octanol–water partition coefficient (Wildman–Crippen LogP) is 2.52. The van der Waals surface area contributed by atoms with E-state index in [0.717, 1.165) is 31.5 Å². The highest BCUT2D eigenvalue weighted by Gasteiger charge is 2.22. The van der Waals surface area contributed by atoms with Crippen molar-refractivity contribution in [3.05, 3.63) is 41.2 Å². The van der Waals surface area contributed by atoms with Gasteiger partial charge in [-0.15, -0.1) is 0 Å². The summed E-state index contributed by atoms with van der Waals surface area (Å²) in [6.45, 7) is 7.64. The van der Waals surface area contributed by atoms with Crippen molar-refractivity contribution in [3.8, 4) is 0 Å². The minimum atomic E-state index is -3.55. The zero-order valence-corrected chi connectivity index (χ0v) is 19.9. The molecule has 3 N–H and O–H groups in total. The van der Waals surface area contributed by atoms with Crippen LogP contribution in [-0.2, 0) is 21.2 Å². The average Bonchev–Trinajstić information content (AvgIpc) is 2.64. The summed E-state index contributed by atoms with van der Waals surface area (Å²) in [6, 6.07) is 8.20. The van der Waals surface area contributed by atoms with E-state index in [1.165, 1.54) is 5.56 Å². The summed E-state index contributed by atoms with van der Waals surface area (Å²) in [5, 5.41) is 12.8. The highest BCUT2D eigenvalue weighted by Crippen LogP contribution is 2.28. The minimum absolute atomic E-state index is 0.0335. The first-order valence-corrected chi connectivity index (χ1v) is 12.8. The number of anilines is 2. The van der Waals surface area contributed by atoms with Gasteiger partial charge in [-0.2, -0.15) is 15.0 Å². The van der Waals surface area contributed by atoms with Crippen molar-refractivity contribution < 1.29 is 18.3 Å². The topological polar surface area (TPSA) is 126 Å². The van der Waals surface area contributed by atoms with Crippen molar-refractivity contribution in [2.24, 2.45) is 5.92 Å². The lowest BCUT2D eigenvalue weighted by Gasteiger charge is -2.27. The molecule has 1 fully saturated rings. The molecule has 0 bridgehead atoms. The van der Waals surface area contributed by atoms with E-state index in [2.05, 4.69) is 64.0 Å². The largest absolute Gasteiger partial charge is 0.394 e. The molecule has 1 saturated heterocycles. The molecule has 1 aliphatic heterocycles. The Hall–Kier alpha value is -2.30. The van der Waals surface area contributed by atoms with Gasteiger partial charge in [-0.05, 0) is 29.4 Å². The molecule has 3 rings (SSSR count). The molecule has 2 aromatic rings. The SMILES string of the molecule is CC(C)C[C@H](CO)Nc1nc(CC(C)c2cccc(C3COC3)c2)nc(NS(C)(=O)=O)n1. The third-order valence-electron chi connectivity index (χ3n) is 5.35. The van der Waals surface area contributed by atoms with Gasteiger partial charge in [0.05, 0.1) is 32.1 Å². The summed E-state index contributed by atoms with van der Waals surface area (Å²) in [5.74, 6) is 1.60. The van der Waals surface area contributed by atoms with Crippen LogP contribution < -0.4 is 10.0 Å². The van der Waals surface area contributed by atoms with Crippen LogP contribution in [-0.4, -0.2) is 60.6 Å². The van der Waals surface area contributed by atoms with Crippen LogP contribution in [0.2, 0.25) is 0 Å². The summed E-state index contributed by atoms with van der Waals surface area (Å²) in [4.78, 5) is 13.0. The van der Waals surface area contributed by atoms with E-state index in [4.69, 9.17) is 4.74 Å². The molecule has 0 aliphatic carbocycles. The van der Waals surface area contributed by atoms with Crippen LogP contribution in [0.3, 0.4) is 0 Å². The summed E-state index contributed by atoms with van der Waals surface area (Å²) < 4.78 is 31.1. The van der Waals surface area contributed by atoms with Crippen LogP contribution in [0.1, 0.15) is 56.0 Å². The molecule has 1 aliphatic rings. The van der Waals surface area contributed by atoms with Crippen molar-refractivity contribution in [1.82, 2.24) is 15.0 Å². The van der Waals surface area contributed by atoms with Gasteiger partial charge >= 0.3 is 0 Å². The lowest BCUT2D eigenvalue weighted by atomic mass is 9.91. The molecule has 2 heterocycles. The Labute approximate surface area is 190 Å². The first-order chi connectivity index (χ1) is 15.1. The molecule has 1 unspecified atom stereocenters. The van der Waals surface area contributed by atoms with E-state index in [-0.39, 0.29) is 30.5 Å². The maximum absolute atomic E-state index is 11.7. The maximum Gasteiger partial charge on any atom is 0.241 e. The fourth-order valence-electron chi connectivity index (χ4n) is 3.66. The fraction of sp³-hybridized carbons (Fsp3) is 0.591. The van der Waals surface area contributed by atoms with Gasteiger partial charge in [0, 0.05) is 12.3 Å². The standard InChI is InChI=1S/C22H33N5O4S/c1-14(2)8-19(11-28)23-21-24-20(25-22(26-21)27-32(4,29)30)9-15(3)16-6-5-7-17(10-16)18-12-31-13-18/h5-7,10,14-15,18-19,28H,8-9,11-13H2,1-4H3,(H2,23,24,25,26,27)/t15?,19-/m1/s1. The number of nitrogens with zero attached hydrogens (tertiary/aromatic N) is 3. The highest BCUT2D eigenvalue weighted by atomic mass is 32.2. The van der Waals surface area contributed by atoms with Gasteiger partial charge in [-0.3, -0.25) is 4.72 Å². The smallest absolute Gasteiger partial charge is 0.241 e. The quantitative estimate of drug-likeness (QED) is 0.464. The Morgan fingerprint density at radius 2 is 1.88 bits per heavy atom. The third-order valence-corrected chi connectivity index (χ3v) is 5.90. The molecule has 1 aromatic heterocycles. The Bertz CT molecular complexity index is 1010. The second-order valence-electron chi connectivity index (χ2n) is 8.94. The first-order valence-electron chi connectivity index (χ1n) is 10.9. The highest BCUT2D eigenvalue weighted by molar-refractivity contribution is 7.91. The van der Waals surface area contributed by atoms with Crippen molar-refractivity contribution in [2.45, 2.75) is 51.5 Å². The van der Waals surface area contributed by atoms with E-state index in [0.29, 0.717) is 24.1 Å². The van der Waals surface area contributed by atoms with Crippen LogP contribution >= 0.6 is 0 Å². The Balaban J connectivity index is 1.82. The second-order valence-corrected chi connectivity index (χ2v) is 10.7. The van der Waals surface area contributed by atoms with Crippen molar-refractivity contribution >= 4 is 21.9 Å². The third kappa shape index (κ3) is 7.11. The number of benzene rings is 1. The number of sulfonamides is 1.